The van der Waals surface area contributed by atoms with Crippen LogP contribution < -0.4 is 39.4 Å². The van der Waals surface area contributed by atoms with Gasteiger partial charge in [0.05, 0.1) is 20.2 Å². The van der Waals surface area contributed by atoms with Gasteiger partial charge in [0.25, 0.3) is 0 Å². The van der Waals surface area contributed by atoms with Crippen molar-refractivity contribution in [2.45, 2.75) is 89.9 Å². The summed E-state index contributed by atoms with van der Waals surface area (Å²) in [5.41, 5.74) is 9.56. The Morgan fingerprint density at radius 1 is 0.724 bits per heavy atom. The molecule has 310 valence electrons. The van der Waals surface area contributed by atoms with E-state index >= 15 is 0 Å². The Morgan fingerprint density at radius 3 is 1.53 bits per heavy atom. The van der Waals surface area contributed by atoms with Crippen LogP contribution in [0.25, 0.3) is 0 Å². The molecule has 1 aliphatic carbocycles. The molecule has 11 nitrogen and oxygen atoms in total. The Labute approximate surface area is 368 Å². The summed E-state index contributed by atoms with van der Waals surface area (Å²) in [5, 5.41) is 9.45. The number of rotatable bonds is 13. The van der Waals surface area contributed by atoms with Crippen LogP contribution >= 0.6 is 0 Å². The molecule has 0 spiro atoms. The van der Waals surface area contributed by atoms with Crippen LogP contribution in [0, 0.1) is 5.92 Å². The third kappa shape index (κ3) is 11.1. The van der Waals surface area contributed by atoms with Crippen molar-refractivity contribution in [1.29, 1.82) is 0 Å². The van der Waals surface area contributed by atoms with E-state index in [0.717, 1.165) is 85.5 Å². The van der Waals surface area contributed by atoms with Gasteiger partial charge in [-0.15, -0.1) is 0 Å². The van der Waals surface area contributed by atoms with Gasteiger partial charge in [-0.2, -0.15) is 0 Å². The number of aliphatic hydroxyl groups excluding tert-OH is 1. The first-order chi connectivity index (χ1) is 27.0. The molecule has 1 N–H and O–H groups in total. The molecule has 14 heteroatoms. The number of fused-ring (bicyclic) bond motifs is 2. The topological polar surface area (TPSA) is 161 Å². The van der Waals surface area contributed by atoms with E-state index in [-0.39, 0.29) is 59.8 Å². The fourth-order valence-electron chi connectivity index (χ4n) is 9.19. The second kappa shape index (κ2) is 20.1. The predicted molar refractivity (Wildman–Crippen MR) is 225 cm³/mol. The predicted octanol–water partition coefficient (Wildman–Crippen LogP) is 3.32. The number of aliphatic hydroxyl groups is 1. The number of hydrogen-bond donors (Lipinski definition) is 1. The normalized spacial score (nSPS) is 22.6. The van der Waals surface area contributed by atoms with E-state index in [9.17, 15) is 31.0 Å². The minimum atomic E-state index is -4.33. The first-order valence-electron chi connectivity index (χ1n) is 20.0. The Morgan fingerprint density at radius 2 is 1.14 bits per heavy atom. The number of carbonyl (C=O) groups excluding carboxylic acids is 1. The summed E-state index contributed by atoms with van der Waals surface area (Å²) in [4.78, 5) is 12.3. The van der Waals surface area contributed by atoms with Crippen molar-refractivity contribution in [3.05, 3.63) is 107 Å². The molecule has 6 rings (SSSR count). The van der Waals surface area contributed by atoms with Crippen LogP contribution in [0.1, 0.15) is 90.2 Å². The van der Waals surface area contributed by atoms with Gasteiger partial charge in [-0.25, -0.2) is 21.4 Å². The third-order valence-electron chi connectivity index (χ3n) is 12.0. The molecule has 0 amide bonds. The Bertz CT molecular complexity index is 2030. The number of nitrogens with zero attached hydrogens (tertiary/aromatic N) is 3. The van der Waals surface area contributed by atoms with Crippen LogP contribution in [0.5, 0.6) is 0 Å². The molecule has 0 atom stereocenters. The average Bonchev–Trinajstić information content (AvgIpc) is 3.74. The van der Waals surface area contributed by atoms with E-state index in [0.29, 0.717) is 19.0 Å². The number of anilines is 2. The van der Waals surface area contributed by atoms with E-state index in [1.807, 2.05) is 31.1 Å². The zero-order chi connectivity index (χ0) is 41.6. The van der Waals surface area contributed by atoms with E-state index < -0.39 is 31.7 Å². The minimum Gasteiger partial charge on any atom is -0.748 e. The van der Waals surface area contributed by atoms with Gasteiger partial charge in [-0.05, 0) is 79.9 Å². The zero-order valence-electron chi connectivity index (χ0n) is 34.8. The standard InChI is InChI=1S/C43H57N3O7S2.CH2O.Na/c1-42(2)35-13-5-7-15-37(35)45(25-10-30-54(48,49)50)39(42)21-19-33-17-18-34(41(33)44-27-23-32(24-28-44)12-9-29-47)20-22-40-43(3,4)36-14-6-8-16-38(36)46(40)26-11-31-55(51,52)53;1-2;/h5-8,13-16,19-22,32,47H,9-12,17-18,23-31H2,1-4H3,(H-,48,49,50,51,52,53);1H2;/q;;+1/p-1. The first-order valence-corrected chi connectivity index (χ1v) is 23.1. The van der Waals surface area contributed by atoms with Gasteiger partial charge < -0.3 is 28.8 Å². The van der Waals surface area contributed by atoms with Crippen molar-refractivity contribution in [1.82, 2.24) is 0 Å². The third-order valence-corrected chi connectivity index (χ3v) is 13.6. The summed E-state index contributed by atoms with van der Waals surface area (Å²) in [6.07, 6.45) is 15.0. The van der Waals surface area contributed by atoms with Crippen LogP contribution in [0.15, 0.2) is 95.4 Å². The molecule has 1 saturated heterocycles. The van der Waals surface area contributed by atoms with Crippen LogP contribution in [0.4, 0.5) is 11.4 Å². The van der Waals surface area contributed by atoms with Crippen LogP contribution in [-0.2, 0) is 35.9 Å². The van der Waals surface area contributed by atoms with Gasteiger partial charge in [-0.1, -0.05) is 76.2 Å². The van der Waals surface area contributed by atoms with Crippen molar-refractivity contribution in [3.8, 4) is 0 Å². The molecule has 2 aromatic rings. The van der Waals surface area contributed by atoms with Gasteiger partial charge in [0.1, 0.15) is 19.9 Å². The zero-order valence-corrected chi connectivity index (χ0v) is 38.4. The molecule has 3 heterocycles. The molecule has 0 unspecified atom stereocenters. The summed E-state index contributed by atoms with van der Waals surface area (Å²) in [6.45, 7) is 13.7. The maximum absolute atomic E-state index is 11.5. The quantitative estimate of drug-likeness (QED) is 0.180. The molecular weight excluding hydrogens is 786 g/mol. The van der Waals surface area contributed by atoms with E-state index in [1.165, 1.54) is 16.9 Å². The van der Waals surface area contributed by atoms with Crippen LogP contribution in [0.3, 0.4) is 0 Å². The fraction of sp³-hybridized carbons (Fsp3) is 0.500. The monoisotopic (exact) mass is 843 g/mol. The molecule has 3 aliphatic heterocycles. The van der Waals surface area contributed by atoms with Gasteiger partial charge >= 0.3 is 29.6 Å². The molecule has 0 bridgehead atoms. The maximum Gasteiger partial charge on any atom is 1.00 e. The fourth-order valence-corrected chi connectivity index (χ4v) is 10.2. The van der Waals surface area contributed by atoms with Crippen LogP contribution in [-0.4, -0.2) is 92.4 Å². The largest absolute Gasteiger partial charge is 1.00 e. The van der Waals surface area contributed by atoms with Gasteiger partial charge in [-0.3, -0.25) is 0 Å². The second-order valence-corrected chi connectivity index (χ2v) is 19.5. The second-order valence-electron chi connectivity index (χ2n) is 16.5. The summed E-state index contributed by atoms with van der Waals surface area (Å²) in [7, 11) is -8.66. The van der Waals surface area contributed by atoms with Gasteiger partial charge in [0.2, 0.25) is 5.71 Å². The Kier molecular flexibility index (Phi) is 16.6. The summed E-state index contributed by atoms with van der Waals surface area (Å²) >= 11 is 0. The molecule has 0 radical (unpaired) electrons. The molecule has 2 aromatic carbocycles. The van der Waals surface area contributed by atoms with Crippen molar-refractivity contribution in [2.24, 2.45) is 5.92 Å². The molecular formula is C44H58N3NaO8S2. The van der Waals surface area contributed by atoms with E-state index in [4.69, 9.17) is 4.79 Å². The number of para-hydroxylation sites is 2. The van der Waals surface area contributed by atoms with Crippen molar-refractivity contribution >= 4 is 44.1 Å². The van der Waals surface area contributed by atoms with Crippen molar-refractivity contribution in [2.75, 3.05) is 54.1 Å². The maximum atomic E-state index is 11.5. The summed E-state index contributed by atoms with van der Waals surface area (Å²) in [5.74, 6) is -0.233. The van der Waals surface area contributed by atoms with Crippen molar-refractivity contribution in [3.63, 3.8) is 0 Å². The van der Waals surface area contributed by atoms with E-state index in [1.54, 1.807) is 0 Å². The number of hydrogen-bond acceptors (Lipinski definition) is 10. The van der Waals surface area contributed by atoms with Gasteiger partial charge in [0, 0.05) is 88.8 Å². The number of benzene rings is 2. The molecule has 0 aromatic heterocycles. The number of carbonyl (C=O) groups is 1. The van der Waals surface area contributed by atoms with E-state index in [2.05, 4.69) is 90.6 Å². The smallest absolute Gasteiger partial charge is 0.748 e. The average molecular weight is 844 g/mol. The summed E-state index contributed by atoms with van der Waals surface area (Å²) in [6, 6.07) is 16.4. The Balaban J connectivity index is 0.00000244. The Hall–Kier alpha value is -2.88. The number of piperidine rings is 1. The molecule has 58 heavy (non-hydrogen) atoms. The summed E-state index contributed by atoms with van der Waals surface area (Å²) < 4.78 is 71.6. The first kappa shape index (κ1) is 47.8. The van der Waals surface area contributed by atoms with Crippen LogP contribution in [0.2, 0.25) is 0 Å². The molecule has 4 aliphatic rings. The van der Waals surface area contributed by atoms with Crippen molar-refractivity contribution < 1.29 is 70.0 Å². The molecule has 2 fully saturated rings. The van der Waals surface area contributed by atoms with Gasteiger partial charge in [0.15, 0.2) is 0 Å². The minimum absolute atomic E-state index is 0. The number of allylic oxidation sites excluding steroid dienone is 8. The SMILES string of the molecule is C=O.CC1(C)C(=CC=C2CC/C(=C\C=C3\N(CCCS(=O)(=O)[O-])c4ccccc4C3(C)C)C2=[N+]2CCC(CCCO)CC2)N(CCCS(=O)(=O)[O-])c2ccccc21.[Na+]. The molecule has 1 saturated carbocycles.